The van der Waals surface area contributed by atoms with Crippen LogP contribution in [-0.4, -0.2) is 93.9 Å². The first-order chi connectivity index (χ1) is 30.6. The van der Waals surface area contributed by atoms with Crippen LogP contribution in [-0.2, 0) is 51.0 Å². The molecule has 7 rings (SSSR count). The van der Waals surface area contributed by atoms with Gasteiger partial charge in [-0.05, 0) is 117 Å². The van der Waals surface area contributed by atoms with Gasteiger partial charge in [-0.1, -0.05) is 116 Å². The molecule has 1 amide bonds. The Labute approximate surface area is 374 Å². The highest BCUT2D eigenvalue weighted by atomic mass is 16.7. The standard InChI is InChI=1S/C26H32BO5.C25H29BNO4/c1-26(25(29)30,18-32-24-9-5-6-14-31-24)16-21(17-27-19-28)15-20-10-12-23(13-11-20)22-7-3-2-4-8-22;1-25(17-31-23-9-5-6-14-30-23)16-22(27(24(25)29)26-18-28)15-19-10-12-21(13-11-19)20-7-3-2-4-8-20/h2-4,7-8,10-13,19,21,24H,5-6,9,14-18H2,1H3,(H,29,30);2-4,7-8,10-13,18,22-23H,5-6,9,14-17H2,1H3/t21-,24?,26+;22-,23?,25+/m11/s1. The van der Waals surface area contributed by atoms with E-state index in [2.05, 4.69) is 72.8 Å². The summed E-state index contributed by atoms with van der Waals surface area (Å²) >= 11 is 0. The average molecular weight is 854 g/mol. The van der Waals surface area contributed by atoms with E-state index >= 15 is 0 Å². The zero-order valence-corrected chi connectivity index (χ0v) is 36.8. The second kappa shape index (κ2) is 23.7. The number of hydrogen-bond donors (Lipinski definition) is 1. The Hall–Kier alpha value is -4.87. The third-order valence-corrected chi connectivity index (χ3v) is 12.4. The highest BCUT2D eigenvalue weighted by Crippen LogP contribution is 2.38. The molecule has 12 heteroatoms. The van der Waals surface area contributed by atoms with Gasteiger partial charge >= 0.3 is 13.4 Å². The largest absolute Gasteiger partial charge is 0.481 e. The lowest BCUT2D eigenvalue weighted by Gasteiger charge is -2.32. The van der Waals surface area contributed by atoms with Gasteiger partial charge in [0, 0.05) is 19.3 Å². The van der Waals surface area contributed by atoms with Gasteiger partial charge < -0.3 is 38.5 Å². The molecule has 2 unspecified atom stereocenters. The van der Waals surface area contributed by atoms with Crippen molar-refractivity contribution < 1.29 is 43.2 Å². The molecule has 1 N–H and O–H groups in total. The minimum absolute atomic E-state index is 0.0137. The first-order valence-corrected chi connectivity index (χ1v) is 22.5. The first kappa shape index (κ1) is 47.6. The van der Waals surface area contributed by atoms with Crippen molar-refractivity contribution in [2.45, 2.75) is 103 Å². The molecule has 3 saturated heterocycles. The van der Waals surface area contributed by atoms with Gasteiger partial charge in [0.1, 0.15) is 6.19 Å². The van der Waals surface area contributed by atoms with Crippen LogP contribution in [0.4, 0.5) is 0 Å². The van der Waals surface area contributed by atoms with Crippen LogP contribution in [0.2, 0.25) is 6.32 Å². The van der Waals surface area contributed by atoms with E-state index in [1.54, 1.807) is 19.0 Å². The van der Waals surface area contributed by atoms with E-state index < -0.39 is 16.8 Å². The van der Waals surface area contributed by atoms with Crippen LogP contribution in [0.1, 0.15) is 76.3 Å². The summed E-state index contributed by atoms with van der Waals surface area (Å²) < 4.78 is 23.1. The van der Waals surface area contributed by atoms with Crippen LogP contribution >= 0.6 is 0 Å². The monoisotopic (exact) mass is 853 g/mol. The van der Waals surface area contributed by atoms with Crippen molar-refractivity contribution in [3.8, 4) is 22.3 Å². The van der Waals surface area contributed by atoms with Crippen molar-refractivity contribution in [3.05, 3.63) is 120 Å². The number of ether oxygens (including phenoxy) is 4. The molecule has 0 bridgehead atoms. The van der Waals surface area contributed by atoms with Crippen LogP contribution in [0.15, 0.2) is 109 Å². The lowest BCUT2D eigenvalue weighted by Crippen LogP contribution is -2.42. The second-order valence-electron chi connectivity index (χ2n) is 17.7. The van der Waals surface area contributed by atoms with Gasteiger partial charge in [-0.2, -0.15) is 0 Å². The van der Waals surface area contributed by atoms with E-state index in [-0.39, 0.29) is 37.1 Å². The molecular formula is C51H61B2NO9. The third kappa shape index (κ3) is 13.8. The summed E-state index contributed by atoms with van der Waals surface area (Å²) in [6.45, 7) is 5.43. The molecule has 63 heavy (non-hydrogen) atoms. The van der Waals surface area contributed by atoms with Crippen molar-refractivity contribution in [2.24, 2.45) is 16.7 Å². The summed E-state index contributed by atoms with van der Waals surface area (Å²) in [4.78, 5) is 49.1. The van der Waals surface area contributed by atoms with Crippen LogP contribution < -0.4 is 0 Å². The zero-order chi connectivity index (χ0) is 44.5. The average Bonchev–Trinajstić information content (AvgIpc) is 3.55. The number of carbonyl (C=O) groups is 4. The Morgan fingerprint density at radius 2 is 1.33 bits per heavy atom. The lowest BCUT2D eigenvalue weighted by molar-refractivity contribution is -0.188. The van der Waals surface area contributed by atoms with E-state index in [0.717, 1.165) is 72.5 Å². The highest BCUT2D eigenvalue weighted by molar-refractivity contribution is 6.67. The molecule has 3 aliphatic heterocycles. The van der Waals surface area contributed by atoms with Crippen molar-refractivity contribution >= 4 is 38.9 Å². The number of rotatable bonds is 20. The summed E-state index contributed by atoms with van der Waals surface area (Å²) in [5.41, 5.74) is 5.19. The fourth-order valence-electron chi connectivity index (χ4n) is 8.83. The Kier molecular flexibility index (Phi) is 17.9. The molecule has 4 aromatic rings. The summed E-state index contributed by atoms with van der Waals surface area (Å²) in [6, 6.07) is 37.1. The van der Waals surface area contributed by atoms with E-state index in [1.807, 2.05) is 43.3 Å². The topological polar surface area (TPSA) is 129 Å². The van der Waals surface area contributed by atoms with Gasteiger partial charge in [-0.15, -0.1) is 0 Å². The van der Waals surface area contributed by atoms with Crippen molar-refractivity contribution in [2.75, 3.05) is 26.4 Å². The number of nitrogens with zero attached hydrogens (tertiary/aromatic N) is 1. The zero-order valence-electron chi connectivity index (χ0n) is 36.8. The number of carbonyl (C=O) groups excluding carboxylic acids is 3. The van der Waals surface area contributed by atoms with Gasteiger partial charge in [0.15, 0.2) is 19.9 Å². The maximum Gasteiger partial charge on any atom is 0.331 e. The molecule has 3 aliphatic rings. The van der Waals surface area contributed by atoms with Gasteiger partial charge in [0.25, 0.3) is 0 Å². The number of hydrogen-bond acceptors (Lipinski definition) is 8. The molecule has 330 valence electrons. The maximum absolute atomic E-state index is 13.1. The molecule has 0 spiro atoms. The Balaban J connectivity index is 0.000000210. The maximum atomic E-state index is 13.1. The highest BCUT2D eigenvalue weighted by Gasteiger charge is 2.48. The third-order valence-electron chi connectivity index (χ3n) is 12.4. The predicted molar refractivity (Wildman–Crippen MR) is 247 cm³/mol. The quantitative estimate of drug-likeness (QED) is 0.0686. The molecule has 10 nitrogen and oxygen atoms in total. The molecule has 3 fully saturated rings. The predicted octanol–water partition coefficient (Wildman–Crippen LogP) is 8.71. The van der Waals surface area contributed by atoms with Crippen molar-refractivity contribution in [1.82, 2.24) is 4.81 Å². The van der Waals surface area contributed by atoms with E-state index in [1.165, 1.54) is 13.0 Å². The molecule has 0 aromatic heterocycles. The fourth-order valence-corrected chi connectivity index (χ4v) is 8.83. The van der Waals surface area contributed by atoms with E-state index in [9.17, 15) is 24.3 Å². The lowest BCUT2D eigenvalue weighted by atomic mass is 9.66. The Bertz CT molecular complexity index is 2030. The van der Waals surface area contributed by atoms with Gasteiger partial charge in [0.05, 0.1) is 30.2 Å². The van der Waals surface area contributed by atoms with Crippen LogP contribution in [0.5, 0.6) is 0 Å². The molecule has 6 atom stereocenters. The summed E-state index contributed by atoms with van der Waals surface area (Å²) in [7, 11) is 2.95. The van der Waals surface area contributed by atoms with Crippen LogP contribution in [0, 0.1) is 16.7 Å². The minimum Gasteiger partial charge on any atom is -0.481 e. The Morgan fingerprint density at radius 1 is 0.794 bits per heavy atom. The van der Waals surface area contributed by atoms with Gasteiger partial charge in [0.2, 0.25) is 5.91 Å². The fraction of sp³-hybridized carbons (Fsp3) is 0.451. The summed E-state index contributed by atoms with van der Waals surface area (Å²) in [5.74, 6) is -0.926. The molecule has 2 radical (unpaired) electrons. The molecule has 4 aromatic carbocycles. The summed E-state index contributed by atoms with van der Waals surface area (Å²) in [5, 5.41) is 9.96. The second-order valence-corrected chi connectivity index (χ2v) is 17.7. The molecular weight excluding hydrogens is 792 g/mol. The first-order valence-electron chi connectivity index (χ1n) is 22.5. The number of aliphatic carboxylic acids is 1. The number of amides is 1. The van der Waals surface area contributed by atoms with E-state index in [4.69, 9.17) is 18.9 Å². The molecule has 0 saturated carbocycles. The normalized spacial score (nSPS) is 22.5. The molecule has 3 heterocycles. The molecule has 0 aliphatic carbocycles. The summed E-state index contributed by atoms with van der Waals surface area (Å²) in [6.07, 6.45) is 9.77. The number of carboxylic acid groups (broad SMARTS) is 1. The van der Waals surface area contributed by atoms with Crippen LogP contribution in [0.25, 0.3) is 22.3 Å². The minimum atomic E-state index is -1.05. The van der Waals surface area contributed by atoms with E-state index in [0.29, 0.717) is 58.0 Å². The van der Waals surface area contributed by atoms with Crippen molar-refractivity contribution in [3.63, 3.8) is 0 Å². The van der Waals surface area contributed by atoms with Crippen LogP contribution in [0.3, 0.4) is 0 Å². The number of carboxylic acids is 1. The van der Waals surface area contributed by atoms with Gasteiger partial charge in [-0.3, -0.25) is 9.59 Å². The SMILES string of the molecule is C[C@@](COC1CCCCO1)(C[C@H](C[B]C=O)Cc1ccc(-c2ccccc2)cc1)C(=O)O.C[C@@]1(COC2CCCCO2)C[C@@H](Cc2ccc(-c3ccccc3)cc2)N([B]C=O)C1=O. The smallest absolute Gasteiger partial charge is 0.331 e. The number of benzene rings is 4. The van der Waals surface area contributed by atoms with Crippen molar-refractivity contribution in [1.29, 1.82) is 0 Å². The van der Waals surface area contributed by atoms with Gasteiger partial charge in [-0.25, -0.2) is 0 Å². The Morgan fingerprint density at radius 3 is 1.84 bits per heavy atom.